The Hall–Kier alpha value is -13.1. The number of rotatable bonds is 13. The molecule has 0 bridgehead atoms. The third kappa shape index (κ3) is 9.79. The quantitative estimate of drug-likeness (QED) is 0.0852. The minimum absolute atomic E-state index is 0.599. The molecule has 0 aliphatic carbocycles. The molecular weight excluding hydrogens is 1230 g/mol. The molecule has 7 nitrogen and oxygen atoms in total. The zero-order valence-corrected chi connectivity index (χ0v) is 55.3. The molecule has 0 unspecified atom stereocenters. The lowest BCUT2D eigenvalue weighted by atomic mass is 9.96. The molecule has 8 heteroatoms. The van der Waals surface area contributed by atoms with Gasteiger partial charge < -0.3 is 4.57 Å². The molecule has 0 aliphatic heterocycles. The molecule has 5 aromatic heterocycles. The third-order valence-corrected chi connectivity index (χ3v) is 24.9. The molecule has 19 rings (SSSR count). The van der Waals surface area contributed by atoms with Gasteiger partial charge in [0.15, 0.2) is 8.07 Å². The van der Waals surface area contributed by atoms with E-state index in [0.29, 0.717) is 11.9 Å². The fraction of sp³-hybridized carbons (Fsp3) is 0. The lowest BCUT2D eigenvalue weighted by Gasteiger charge is -2.34. The second-order valence-corrected chi connectivity index (χ2v) is 29.5. The summed E-state index contributed by atoms with van der Waals surface area (Å²) in [6.45, 7) is 0. The van der Waals surface area contributed by atoms with Crippen LogP contribution in [0.3, 0.4) is 0 Å². The average Bonchev–Trinajstić information content (AvgIpc) is 1.17. The molecule has 100 heavy (non-hydrogen) atoms. The molecule has 0 radical (unpaired) electrons. The Balaban J connectivity index is 0.692. The Morgan fingerprint density at radius 3 is 1.14 bits per heavy atom. The molecule has 468 valence electrons. The summed E-state index contributed by atoms with van der Waals surface area (Å²) in [6, 6.07) is 132. The van der Waals surface area contributed by atoms with E-state index < -0.39 is 8.07 Å². The molecule has 0 atom stereocenters. The van der Waals surface area contributed by atoms with E-state index in [4.69, 9.17) is 19.9 Å². The van der Waals surface area contributed by atoms with Gasteiger partial charge in [-0.05, 0) is 133 Å². The molecule has 19 aromatic rings. The van der Waals surface area contributed by atoms with Crippen LogP contribution >= 0.6 is 0 Å². The zero-order valence-electron chi connectivity index (χ0n) is 54.3. The van der Waals surface area contributed by atoms with Crippen molar-refractivity contribution in [2.24, 2.45) is 0 Å². The van der Waals surface area contributed by atoms with Gasteiger partial charge in [-0.15, -0.1) is 0 Å². The Morgan fingerprint density at radius 2 is 0.570 bits per heavy atom. The summed E-state index contributed by atoms with van der Waals surface area (Å²) in [4.78, 5) is 21.6. The summed E-state index contributed by atoms with van der Waals surface area (Å²) in [7, 11) is -2.81. The summed E-state index contributed by atoms with van der Waals surface area (Å²) < 4.78 is 6.86. The molecule has 0 saturated carbocycles. The van der Waals surface area contributed by atoms with Gasteiger partial charge in [0.05, 0.1) is 50.2 Å². The molecule has 5 heterocycles. The predicted octanol–water partition coefficient (Wildman–Crippen LogP) is 19.9. The van der Waals surface area contributed by atoms with Crippen LogP contribution < -0.4 is 20.7 Å². The maximum absolute atomic E-state index is 5.57. The molecule has 0 N–H and O–H groups in total. The van der Waals surface area contributed by atoms with Gasteiger partial charge in [-0.3, -0.25) is 9.13 Å². The fourth-order valence-corrected chi connectivity index (χ4v) is 20.3. The van der Waals surface area contributed by atoms with E-state index in [9.17, 15) is 0 Å². The number of hydrogen-bond donors (Lipinski definition) is 0. The van der Waals surface area contributed by atoms with Crippen molar-refractivity contribution in [3.8, 4) is 84.7 Å². The van der Waals surface area contributed by atoms with Crippen LogP contribution in [-0.4, -0.2) is 41.7 Å². The van der Waals surface area contributed by atoms with Crippen LogP contribution in [0.15, 0.2) is 370 Å². The van der Waals surface area contributed by atoms with Gasteiger partial charge in [0.1, 0.15) is 0 Å². The lowest BCUT2D eigenvalue weighted by molar-refractivity contribution is 0.992. The second-order valence-electron chi connectivity index (χ2n) is 25.7. The number of benzene rings is 14. The molecule has 0 saturated heterocycles. The van der Waals surface area contributed by atoms with Gasteiger partial charge in [0, 0.05) is 60.9 Å². The molecule has 0 aliphatic rings. The highest BCUT2D eigenvalue weighted by atomic mass is 28.3. The smallest absolute Gasteiger partial charge is 0.235 e. The minimum Gasteiger partial charge on any atom is -0.309 e. The van der Waals surface area contributed by atoms with E-state index >= 15 is 0 Å². The molecule has 14 aromatic carbocycles. The average molecular weight is 1290 g/mol. The van der Waals surface area contributed by atoms with Gasteiger partial charge in [-0.1, -0.05) is 285 Å². The highest BCUT2D eigenvalue weighted by Crippen LogP contribution is 2.41. The Bertz CT molecular complexity index is 6240. The molecular formula is C92H61N7Si. The predicted molar refractivity (Wildman–Crippen MR) is 417 cm³/mol. The second kappa shape index (κ2) is 24.2. The zero-order chi connectivity index (χ0) is 66.1. The van der Waals surface area contributed by atoms with Crippen molar-refractivity contribution >= 4 is 94.2 Å². The van der Waals surface area contributed by atoms with Crippen molar-refractivity contribution in [2.45, 2.75) is 0 Å². The van der Waals surface area contributed by atoms with E-state index in [-0.39, 0.29) is 0 Å². The number of para-hydroxylation sites is 4. The first-order valence-electron chi connectivity index (χ1n) is 34.0. The largest absolute Gasteiger partial charge is 0.309 e. The maximum Gasteiger partial charge on any atom is 0.235 e. The topological polar surface area (TPSA) is 66.3 Å². The number of hydrogen-bond acceptors (Lipinski definition) is 4. The first-order valence-corrected chi connectivity index (χ1v) is 36.0. The number of fused-ring (bicyclic) bond motifs is 9. The monoisotopic (exact) mass is 1290 g/mol. The standard InChI is InChI=1S/C92H61N7Si/c1-6-25-62(26-7-1)83-61-84(96-92(95-83)99-87-46-21-17-42-77(87)80-51-48-68(60-90(80)99)66-49-52-88-81(58-66)78-43-18-19-44-85(78)97(88)71-32-8-2-9-33-71)69-30-23-29-65(56-69)63-27-22-28-64(55-63)67-47-50-79-76-41-16-20-45-86(76)98(89(79)59-67)91-93-54-53-82(94-91)70-31-24-40-75(57-70)100(72-34-10-3-11-35-72,73-36-12-4-13-37-73)74-38-14-5-15-39-74/h1-61H. The van der Waals surface area contributed by atoms with Gasteiger partial charge in [-0.25, -0.2) is 19.9 Å². The molecule has 0 amide bonds. The van der Waals surface area contributed by atoms with Crippen LogP contribution in [0.4, 0.5) is 0 Å². The maximum atomic E-state index is 5.57. The molecule has 0 spiro atoms. The highest BCUT2D eigenvalue weighted by molar-refractivity contribution is 7.20. The van der Waals surface area contributed by atoms with Crippen LogP contribution in [0.5, 0.6) is 0 Å². The van der Waals surface area contributed by atoms with Gasteiger partial charge in [-0.2, -0.15) is 0 Å². The Morgan fingerprint density at radius 1 is 0.200 bits per heavy atom. The van der Waals surface area contributed by atoms with E-state index in [1.165, 1.54) is 42.6 Å². The normalized spacial score (nSPS) is 11.8. The Kier molecular flexibility index (Phi) is 14.1. The van der Waals surface area contributed by atoms with Crippen LogP contribution in [-0.2, 0) is 0 Å². The van der Waals surface area contributed by atoms with Crippen molar-refractivity contribution in [1.82, 2.24) is 33.6 Å². The SMILES string of the molecule is c1ccc(-c2cc(-c3cccc(-c4cccc(-c5ccc6c7ccccc7n(-c7nccc(-c8cccc([Si](c9ccccc9)(c9ccccc9)c9ccccc9)c8)n7)c6c5)c4)c3)nc(-n3c4ccccc4c4ccc(-c5ccc6c(c5)c5ccccc5n6-c5ccccc5)cc43)n2)cc1. The minimum atomic E-state index is -2.81. The van der Waals surface area contributed by atoms with Crippen molar-refractivity contribution in [3.05, 3.63) is 370 Å². The van der Waals surface area contributed by atoms with Crippen LogP contribution in [0.25, 0.3) is 150 Å². The van der Waals surface area contributed by atoms with E-state index in [1.807, 2.05) is 12.3 Å². The van der Waals surface area contributed by atoms with Crippen molar-refractivity contribution in [3.63, 3.8) is 0 Å². The van der Waals surface area contributed by atoms with Crippen LogP contribution in [0, 0.1) is 0 Å². The summed E-state index contributed by atoms with van der Waals surface area (Å²) >= 11 is 0. The van der Waals surface area contributed by atoms with Gasteiger partial charge in [0.25, 0.3) is 0 Å². The first-order chi connectivity index (χ1) is 49.6. The summed E-state index contributed by atoms with van der Waals surface area (Å²) in [5.74, 6) is 1.21. The lowest BCUT2D eigenvalue weighted by Crippen LogP contribution is -2.74. The van der Waals surface area contributed by atoms with E-state index in [2.05, 4.69) is 372 Å². The van der Waals surface area contributed by atoms with Crippen LogP contribution in [0.2, 0.25) is 0 Å². The van der Waals surface area contributed by atoms with Crippen molar-refractivity contribution in [1.29, 1.82) is 0 Å². The highest BCUT2D eigenvalue weighted by Gasteiger charge is 2.41. The molecule has 0 fully saturated rings. The Labute approximate surface area is 579 Å². The van der Waals surface area contributed by atoms with Crippen molar-refractivity contribution in [2.75, 3.05) is 0 Å². The number of nitrogens with zero attached hydrogens (tertiary/aromatic N) is 7. The summed E-state index contributed by atoms with van der Waals surface area (Å²) in [5.41, 5.74) is 19.8. The van der Waals surface area contributed by atoms with Gasteiger partial charge in [0.2, 0.25) is 11.9 Å². The first kappa shape index (κ1) is 58.2. The summed E-state index contributed by atoms with van der Waals surface area (Å²) in [5, 5.41) is 12.2. The van der Waals surface area contributed by atoms with E-state index in [1.54, 1.807) is 0 Å². The fourth-order valence-electron chi connectivity index (χ4n) is 15.5. The third-order valence-electron chi connectivity index (χ3n) is 20.1. The van der Waals surface area contributed by atoms with Crippen LogP contribution in [0.1, 0.15) is 0 Å². The van der Waals surface area contributed by atoms with Crippen molar-refractivity contribution < 1.29 is 0 Å². The van der Waals surface area contributed by atoms with Gasteiger partial charge >= 0.3 is 0 Å². The summed E-state index contributed by atoms with van der Waals surface area (Å²) in [6.07, 6.45) is 1.91. The number of aromatic nitrogens is 7. The van der Waals surface area contributed by atoms with E-state index in [0.717, 1.165) is 116 Å².